The molecule has 1 aromatic heterocycles. The highest BCUT2D eigenvalue weighted by atomic mass is 35.5. The first-order valence-corrected chi connectivity index (χ1v) is 7.19. The molecule has 1 N–H and O–H groups in total. The van der Waals surface area contributed by atoms with Crippen LogP contribution in [0.3, 0.4) is 0 Å². The molecule has 0 aliphatic heterocycles. The van der Waals surface area contributed by atoms with Crippen molar-refractivity contribution in [3.63, 3.8) is 0 Å². The maximum absolute atomic E-state index is 11.8. The molecule has 96 valence electrons. The third kappa shape index (κ3) is 3.81. The van der Waals surface area contributed by atoms with Crippen LogP contribution in [0.4, 0.5) is 5.82 Å². The number of nitrogens with zero attached hydrogens (tertiary/aromatic N) is 2. The molecule has 0 aliphatic rings. The van der Waals surface area contributed by atoms with Gasteiger partial charge < -0.3 is 5.32 Å². The fraction of sp³-hybridized carbons (Fsp3) is 0.600. The van der Waals surface area contributed by atoms with Gasteiger partial charge in [0.15, 0.2) is 9.84 Å². The number of halogens is 1. The van der Waals surface area contributed by atoms with Crippen LogP contribution in [-0.2, 0) is 9.84 Å². The molecule has 0 amide bonds. The van der Waals surface area contributed by atoms with Gasteiger partial charge in [-0.15, -0.1) is 0 Å². The van der Waals surface area contributed by atoms with Crippen LogP contribution in [0.2, 0.25) is 5.02 Å². The summed E-state index contributed by atoms with van der Waals surface area (Å²) in [5.41, 5.74) is 0. The van der Waals surface area contributed by atoms with E-state index in [1.54, 1.807) is 20.8 Å². The molecular weight excluding hydrogens is 262 g/mol. The van der Waals surface area contributed by atoms with E-state index >= 15 is 0 Å². The van der Waals surface area contributed by atoms with Crippen LogP contribution in [0.25, 0.3) is 0 Å². The van der Waals surface area contributed by atoms with Crippen molar-refractivity contribution in [1.29, 1.82) is 0 Å². The van der Waals surface area contributed by atoms with Gasteiger partial charge in [-0.25, -0.2) is 18.4 Å². The number of anilines is 1. The minimum atomic E-state index is -3.13. The summed E-state index contributed by atoms with van der Waals surface area (Å²) in [6, 6.07) is 0. The molecule has 0 atom stereocenters. The topological polar surface area (TPSA) is 72.0 Å². The number of nitrogens with one attached hydrogen (secondary N) is 1. The molecule has 0 bridgehead atoms. The zero-order chi connectivity index (χ0) is 13.1. The Kier molecular flexibility index (Phi) is 4.32. The Morgan fingerprint density at radius 1 is 1.41 bits per heavy atom. The van der Waals surface area contributed by atoms with Crippen LogP contribution < -0.4 is 5.32 Å². The third-order valence-corrected chi connectivity index (χ3v) is 5.15. The zero-order valence-electron chi connectivity index (χ0n) is 10.1. The summed E-state index contributed by atoms with van der Waals surface area (Å²) >= 11 is 5.83. The van der Waals surface area contributed by atoms with Crippen molar-refractivity contribution >= 4 is 27.3 Å². The lowest BCUT2D eigenvalue weighted by Gasteiger charge is -2.19. The predicted molar refractivity (Wildman–Crippen MR) is 69.1 cm³/mol. The van der Waals surface area contributed by atoms with Gasteiger partial charge in [0.05, 0.1) is 16.7 Å². The van der Waals surface area contributed by atoms with Crippen LogP contribution in [-0.4, -0.2) is 35.4 Å². The normalized spacial score (nSPS) is 12.5. The van der Waals surface area contributed by atoms with Crippen molar-refractivity contribution in [2.45, 2.75) is 25.5 Å². The first kappa shape index (κ1) is 14.2. The molecular formula is C10H16ClN3O2S. The molecule has 0 radical (unpaired) electrons. The highest BCUT2D eigenvalue weighted by Crippen LogP contribution is 2.18. The van der Waals surface area contributed by atoms with Gasteiger partial charge in [0.1, 0.15) is 17.2 Å². The maximum atomic E-state index is 11.8. The number of aromatic nitrogens is 2. The summed E-state index contributed by atoms with van der Waals surface area (Å²) in [7, 11) is -3.13. The van der Waals surface area contributed by atoms with Crippen molar-refractivity contribution in [2.75, 3.05) is 17.6 Å². The Bertz CT molecular complexity index is 483. The number of hydrogen-bond acceptors (Lipinski definition) is 5. The van der Waals surface area contributed by atoms with E-state index in [0.29, 0.717) is 10.8 Å². The van der Waals surface area contributed by atoms with E-state index in [-0.39, 0.29) is 12.3 Å². The molecule has 1 rings (SSSR count). The fourth-order valence-corrected chi connectivity index (χ4v) is 2.21. The van der Waals surface area contributed by atoms with Gasteiger partial charge in [-0.2, -0.15) is 0 Å². The van der Waals surface area contributed by atoms with Crippen molar-refractivity contribution in [3.05, 3.63) is 17.5 Å². The van der Waals surface area contributed by atoms with E-state index in [4.69, 9.17) is 11.6 Å². The molecule has 0 saturated heterocycles. The van der Waals surface area contributed by atoms with Crippen LogP contribution in [0.15, 0.2) is 12.5 Å². The highest BCUT2D eigenvalue weighted by Gasteiger charge is 2.28. The Morgan fingerprint density at radius 3 is 2.59 bits per heavy atom. The molecule has 0 spiro atoms. The van der Waals surface area contributed by atoms with E-state index < -0.39 is 14.6 Å². The monoisotopic (exact) mass is 277 g/mol. The van der Waals surface area contributed by atoms with Crippen LogP contribution in [0.5, 0.6) is 0 Å². The summed E-state index contributed by atoms with van der Waals surface area (Å²) in [5, 5.41) is 3.25. The van der Waals surface area contributed by atoms with Crippen molar-refractivity contribution in [1.82, 2.24) is 9.97 Å². The van der Waals surface area contributed by atoms with E-state index in [1.807, 2.05) is 0 Å². The average molecular weight is 278 g/mol. The first-order valence-electron chi connectivity index (χ1n) is 5.16. The van der Waals surface area contributed by atoms with E-state index in [1.165, 1.54) is 12.5 Å². The number of hydrogen-bond donors (Lipinski definition) is 1. The lowest BCUT2D eigenvalue weighted by Crippen LogP contribution is -2.33. The highest BCUT2D eigenvalue weighted by molar-refractivity contribution is 7.92. The maximum Gasteiger partial charge on any atom is 0.156 e. The van der Waals surface area contributed by atoms with E-state index in [0.717, 1.165) is 0 Å². The van der Waals surface area contributed by atoms with Gasteiger partial charge in [0.2, 0.25) is 0 Å². The minimum Gasteiger partial charge on any atom is -0.368 e. The van der Waals surface area contributed by atoms with Crippen LogP contribution in [0, 0.1) is 0 Å². The number of sulfone groups is 1. The Balaban J connectivity index is 2.58. The molecule has 0 aromatic carbocycles. The van der Waals surface area contributed by atoms with Gasteiger partial charge in [-0.1, -0.05) is 11.6 Å². The second kappa shape index (κ2) is 5.18. The van der Waals surface area contributed by atoms with Gasteiger partial charge in [0.25, 0.3) is 0 Å². The molecule has 0 unspecified atom stereocenters. The Morgan fingerprint density at radius 2 is 2.06 bits per heavy atom. The van der Waals surface area contributed by atoms with Gasteiger partial charge in [-0.3, -0.25) is 0 Å². The van der Waals surface area contributed by atoms with Gasteiger partial charge in [0, 0.05) is 6.54 Å². The zero-order valence-corrected chi connectivity index (χ0v) is 11.6. The predicted octanol–water partition coefficient (Wildman–Crippen LogP) is 1.76. The molecule has 0 fully saturated rings. The molecule has 7 heteroatoms. The second-order valence-corrected chi connectivity index (χ2v) is 7.85. The molecule has 0 saturated carbocycles. The third-order valence-electron chi connectivity index (χ3n) is 2.26. The Labute approximate surface area is 107 Å². The largest absolute Gasteiger partial charge is 0.368 e. The standard InChI is InChI=1S/C10H16ClN3O2S/c1-10(2,3)17(15,16)5-4-13-9-8(11)6-12-7-14-9/h6-7H,4-5H2,1-3H3,(H,12,13,14). The van der Waals surface area contributed by atoms with Gasteiger partial charge in [-0.05, 0) is 20.8 Å². The first-order chi connectivity index (χ1) is 7.74. The van der Waals surface area contributed by atoms with Crippen molar-refractivity contribution in [3.8, 4) is 0 Å². The second-order valence-electron chi connectivity index (χ2n) is 4.58. The Hall–Kier alpha value is -0.880. The average Bonchev–Trinajstić information content (AvgIpc) is 2.19. The van der Waals surface area contributed by atoms with Crippen LogP contribution in [0.1, 0.15) is 20.8 Å². The quantitative estimate of drug-likeness (QED) is 0.908. The van der Waals surface area contributed by atoms with Crippen LogP contribution >= 0.6 is 11.6 Å². The lowest BCUT2D eigenvalue weighted by atomic mass is 10.3. The van der Waals surface area contributed by atoms with E-state index in [9.17, 15) is 8.42 Å². The number of rotatable bonds is 4. The molecule has 0 aliphatic carbocycles. The van der Waals surface area contributed by atoms with Gasteiger partial charge >= 0.3 is 0 Å². The molecule has 1 heterocycles. The van der Waals surface area contributed by atoms with E-state index in [2.05, 4.69) is 15.3 Å². The summed E-state index contributed by atoms with van der Waals surface area (Å²) in [4.78, 5) is 7.65. The summed E-state index contributed by atoms with van der Waals surface area (Å²) < 4.78 is 22.9. The molecule has 5 nitrogen and oxygen atoms in total. The van der Waals surface area contributed by atoms with Crippen molar-refractivity contribution < 1.29 is 8.42 Å². The lowest BCUT2D eigenvalue weighted by molar-refractivity contribution is 0.560. The minimum absolute atomic E-state index is 0.0385. The molecule has 17 heavy (non-hydrogen) atoms. The summed E-state index contributed by atoms with van der Waals surface area (Å²) in [5.74, 6) is 0.488. The summed E-state index contributed by atoms with van der Waals surface area (Å²) in [6.45, 7) is 5.32. The SMILES string of the molecule is CC(C)(C)S(=O)(=O)CCNc1ncncc1Cl. The smallest absolute Gasteiger partial charge is 0.156 e. The van der Waals surface area contributed by atoms with Crippen molar-refractivity contribution in [2.24, 2.45) is 0 Å². The fourth-order valence-electron chi connectivity index (χ4n) is 1.05. The summed E-state index contributed by atoms with van der Waals surface area (Å²) in [6.07, 6.45) is 2.81. The molecule has 1 aromatic rings.